The summed E-state index contributed by atoms with van der Waals surface area (Å²) in [5, 5.41) is 14.0. The second-order valence-corrected chi connectivity index (χ2v) is 5.79. The highest BCUT2D eigenvalue weighted by Gasteiger charge is 2.06. The number of hydrogen-bond acceptors (Lipinski definition) is 4. The van der Waals surface area contributed by atoms with E-state index in [1.807, 2.05) is 18.2 Å². The molecule has 0 aliphatic carbocycles. The zero-order valence-corrected chi connectivity index (χ0v) is 13.8. The largest absolute Gasteiger partial charge is 0.508 e. The van der Waals surface area contributed by atoms with Gasteiger partial charge in [0.1, 0.15) is 11.6 Å². The van der Waals surface area contributed by atoms with Gasteiger partial charge in [0.25, 0.3) is 0 Å². The van der Waals surface area contributed by atoms with Crippen molar-refractivity contribution in [3.05, 3.63) is 30.3 Å². The molecular weight excluding hydrogens is 274 g/mol. The number of aromatic hydroxyl groups is 1. The van der Waals surface area contributed by atoms with Gasteiger partial charge in [0.2, 0.25) is 0 Å². The minimum atomic E-state index is 0.254. The number of fused-ring (bicyclic) bond motifs is 1. The molecule has 0 saturated heterocycles. The molecular formula is C18H27N3O. The van der Waals surface area contributed by atoms with Gasteiger partial charge in [-0.2, -0.15) is 0 Å². The van der Waals surface area contributed by atoms with E-state index in [-0.39, 0.29) is 5.75 Å². The van der Waals surface area contributed by atoms with Crippen LogP contribution < -0.4 is 5.32 Å². The lowest BCUT2D eigenvalue weighted by atomic mass is 10.1. The van der Waals surface area contributed by atoms with Gasteiger partial charge in [-0.05, 0) is 63.7 Å². The van der Waals surface area contributed by atoms with E-state index in [0.717, 1.165) is 42.8 Å². The third kappa shape index (κ3) is 4.60. The third-order valence-electron chi connectivity index (χ3n) is 4.08. The van der Waals surface area contributed by atoms with Crippen LogP contribution in [-0.2, 0) is 0 Å². The van der Waals surface area contributed by atoms with E-state index in [4.69, 9.17) is 0 Å². The van der Waals surface area contributed by atoms with Gasteiger partial charge < -0.3 is 15.3 Å². The van der Waals surface area contributed by atoms with Gasteiger partial charge in [0.05, 0.1) is 5.52 Å². The molecule has 0 amide bonds. The number of nitrogens with one attached hydrogen (secondary N) is 1. The Morgan fingerprint density at radius 1 is 1.18 bits per heavy atom. The van der Waals surface area contributed by atoms with Crippen LogP contribution in [0.4, 0.5) is 5.82 Å². The molecule has 1 heterocycles. The van der Waals surface area contributed by atoms with Crippen molar-refractivity contribution in [2.45, 2.75) is 39.7 Å². The summed E-state index contributed by atoms with van der Waals surface area (Å²) in [7, 11) is 0. The molecule has 2 aromatic rings. The van der Waals surface area contributed by atoms with Crippen LogP contribution in [0.25, 0.3) is 10.9 Å². The maximum absolute atomic E-state index is 9.55. The highest BCUT2D eigenvalue weighted by molar-refractivity contribution is 5.81. The Labute approximate surface area is 133 Å². The smallest absolute Gasteiger partial charge is 0.126 e. The van der Waals surface area contributed by atoms with Crippen LogP contribution in [0.15, 0.2) is 30.3 Å². The molecule has 0 fully saturated rings. The van der Waals surface area contributed by atoms with Gasteiger partial charge in [0.15, 0.2) is 0 Å². The summed E-state index contributed by atoms with van der Waals surface area (Å²) < 4.78 is 0. The maximum Gasteiger partial charge on any atom is 0.126 e. The average molecular weight is 301 g/mol. The SMILES string of the molecule is CCN(CC)CCCC(C)Nc1ccc2ccc(O)cc2n1. The van der Waals surface area contributed by atoms with Crippen molar-refractivity contribution in [3.63, 3.8) is 0 Å². The van der Waals surface area contributed by atoms with Gasteiger partial charge in [-0.3, -0.25) is 0 Å². The molecule has 1 aromatic heterocycles. The first-order valence-electron chi connectivity index (χ1n) is 8.21. The van der Waals surface area contributed by atoms with Crippen LogP contribution in [-0.4, -0.2) is 40.7 Å². The van der Waals surface area contributed by atoms with Crippen LogP contribution in [0.2, 0.25) is 0 Å². The van der Waals surface area contributed by atoms with Crippen LogP contribution >= 0.6 is 0 Å². The van der Waals surface area contributed by atoms with Gasteiger partial charge in [-0.15, -0.1) is 0 Å². The van der Waals surface area contributed by atoms with Gasteiger partial charge in [-0.25, -0.2) is 4.98 Å². The summed E-state index contributed by atoms with van der Waals surface area (Å²) in [6.07, 6.45) is 2.31. The zero-order chi connectivity index (χ0) is 15.9. The summed E-state index contributed by atoms with van der Waals surface area (Å²) >= 11 is 0. The molecule has 120 valence electrons. The fourth-order valence-corrected chi connectivity index (χ4v) is 2.67. The van der Waals surface area contributed by atoms with E-state index >= 15 is 0 Å². The highest BCUT2D eigenvalue weighted by Crippen LogP contribution is 2.20. The Balaban J connectivity index is 1.89. The number of nitrogens with zero attached hydrogens (tertiary/aromatic N) is 2. The number of benzene rings is 1. The van der Waals surface area contributed by atoms with E-state index in [2.05, 4.69) is 36.0 Å². The highest BCUT2D eigenvalue weighted by atomic mass is 16.3. The lowest BCUT2D eigenvalue weighted by Crippen LogP contribution is -2.25. The van der Waals surface area contributed by atoms with E-state index in [1.165, 1.54) is 6.42 Å². The number of aromatic nitrogens is 1. The quantitative estimate of drug-likeness (QED) is 0.777. The second kappa shape index (κ2) is 7.99. The van der Waals surface area contributed by atoms with Crippen LogP contribution in [0.3, 0.4) is 0 Å². The van der Waals surface area contributed by atoms with Crippen molar-refractivity contribution >= 4 is 16.7 Å². The Morgan fingerprint density at radius 2 is 1.91 bits per heavy atom. The van der Waals surface area contributed by atoms with Gasteiger partial charge >= 0.3 is 0 Å². The standard InChI is InChI=1S/C18H27N3O/c1-4-21(5-2)12-6-7-14(3)19-18-11-9-15-8-10-16(22)13-17(15)20-18/h8-11,13-14,22H,4-7,12H2,1-3H3,(H,19,20). The summed E-state index contributed by atoms with van der Waals surface area (Å²) in [6.45, 7) is 10.00. The normalized spacial score (nSPS) is 12.7. The molecule has 0 spiro atoms. The molecule has 0 bridgehead atoms. The number of hydrogen-bond donors (Lipinski definition) is 2. The Hall–Kier alpha value is -1.81. The molecule has 1 unspecified atom stereocenters. The predicted octanol–water partition coefficient (Wildman–Crippen LogP) is 3.86. The third-order valence-corrected chi connectivity index (χ3v) is 4.08. The number of phenols is 1. The fraction of sp³-hybridized carbons (Fsp3) is 0.500. The van der Waals surface area contributed by atoms with E-state index in [9.17, 15) is 5.11 Å². The molecule has 0 aliphatic rings. The Kier molecular flexibility index (Phi) is 6.01. The van der Waals surface area contributed by atoms with Crippen molar-refractivity contribution in [1.29, 1.82) is 0 Å². The summed E-state index contributed by atoms with van der Waals surface area (Å²) in [5.41, 5.74) is 0.820. The lowest BCUT2D eigenvalue weighted by Gasteiger charge is -2.20. The van der Waals surface area contributed by atoms with Crippen LogP contribution in [0.5, 0.6) is 5.75 Å². The monoisotopic (exact) mass is 301 g/mol. The zero-order valence-electron chi connectivity index (χ0n) is 13.8. The summed E-state index contributed by atoms with van der Waals surface area (Å²) in [4.78, 5) is 7.02. The molecule has 22 heavy (non-hydrogen) atoms. The molecule has 4 nitrogen and oxygen atoms in total. The number of anilines is 1. The molecule has 0 aliphatic heterocycles. The maximum atomic E-state index is 9.55. The van der Waals surface area contributed by atoms with Crippen LogP contribution in [0, 0.1) is 0 Å². The molecule has 1 atom stereocenters. The van der Waals surface area contributed by atoms with Gasteiger partial charge in [0, 0.05) is 17.5 Å². The number of rotatable bonds is 8. The topological polar surface area (TPSA) is 48.4 Å². The van der Waals surface area contributed by atoms with Crippen molar-refractivity contribution in [1.82, 2.24) is 9.88 Å². The molecule has 4 heteroatoms. The average Bonchev–Trinajstić information content (AvgIpc) is 2.51. The Morgan fingerprint density at radius 3 is 2.64 bits per heavy atom. The molecule has 2 rings (SSSR count). The molecule has 0 saturated carbocycles. The lowest BCUT2D eigenvalue weighted by molar-refractivity contribution is 0.295. The first-order valence-corrected chi connectivity index (χ1v) is 8.21. The van der Waals surface area contributed by atoms with E-state index in [1.54, 1.807) is 12.1 Å². The minimum absolute atomic E-state index is 0.254. The van der Waals surface area contributed by atoms with Crippen molar-refractivity contribution in [2.75, 3.05) is 25.0 Å². The van der Waals surface area contributed by atoms with E-state index < -0.39 is 0 Å². The molecule has 1 aromatic carbocycles. The van der Waals surface area contributed by atoms with Crippen molar-refractivity contribution in [3.8, 4) is 5.75 Å². The molecule has 0 radical (unpaired) electrons. The van der Waals surface area contributed by atoms with Crippen LogP contribution in [0.1, 0.15) is 33.6 Å². The molecule has 2 N–H and O–H groups in total. The van der Waals surface area contributed by atoms with Crippen molar-refractivity contribution < 1.29 is 5.11 Å². The van der Waals surface area contributed by atoms with E-state index in [0.29, 0.717) is 6.04 Å². The number of pyridine rings is 1. The fourth-order valence-electron chi connectivity index (χ4n) is 2.67. The first kappa shape index (κ1) is 16.6. The predicted molar refractivity (Wildman–Crippen MR) is 93.5 cm³/mol. The minimum Gasteiger partial charge on any atom is -0.508 e. The first-order chi connectivity index (χ1) is 10.6. The second-order valence-electron chi connectivity index (χ2n) is 5.79. The summed E-state index contributed by atoms with van der Waals surface area (Å²) in [6, 6.07) is 9.69. The van der Waals surface area contributed by atoms with Crippen molar-refractivity contribution in [2.24, 2.45) is 0 Å². The van der Waals surface area contributed by atoms with Gasteiger partial charge in [-0.1, -0.05) is 13.8 Å². The summed E-state index contributed by atoms with van der Waals surface area (Å²) in [5.74, 6) is 1.12. The Bertz CT molecular complexity index is 596. The number of phenolic OH excluding ortho intramolecular Hbond substituents is 1.